The van der Waals surface area contributed by atoms with Crippen molar-refractivity contribution in [3.8, 4) is 0 Å². The number of hydrogen-bond acceptors (Lipinski definition) is 1. The number of rotatable bonds is 3. The van der Waals surface area contributed by atoms with Crippen LogP contribution in [0.5, 0.6) is 0 Å². The molecular weight excluding hydrogens is 288 g/mol. The van der Waals surface area contributed by atoms with Gasteiger partial charge in [-0.15, -0.1) is 0 Å². The highest BCUT2D eigenvalue weighted by molar-refractivity contribution is 9.10. The molecule has 0 saturated heterocycles. The van der Waals surface area contributed by atoms with Gasteiger partial charge in [-0.2, -0.15) is 0 Å². The first-order chi connectivity index (χ1) is 8.11. The van der Waals surface area contributed by atoms with Gasteiger partial charge in [-0.3, -0.25) is 0 Å². The minimum absolute atomic E-state index is 0.0125. The molecule has 0 aromatic heterocycles. The van der Waals surface area contributed by atoms with E-state index in [4.69, 9.17) is 0 Å². The number of halogens is 3. The lowest BCUT2D eigenvalue weighted by atomic mass is 10.0. The van der Waals surface area contributed by atoms with E-state index >= 15 is 0 Å². The molecule has 0 spiro atoms. The van der Waals surface area contributed by atoms with Crippen molar-refractivity contribution in [3.63, 3.8) is 0 Å². The van der Waals surface area contributed by atoms with Crippen LogP contribution < -0.4 is 5.32 Å². The number of hydrogen-bond donors (Lipinski definition) is 1. The first-order valence-corrected chi connectivity index (χ1v) is 6.82. The van der Waals surface area contributed by atoms with Gasteiger partial charge in [0.25, 0.3) is 0 Å². The maximum atomic E-state index is 13.7. The van der Waals surface area contributed by atoms with Crippen molar-refractivity contribution in [3.05, 3.63) is 28.2 Å². The summed E-state index contributed by atoms with van der Waals surface area (Å²) in [6.07, 6.45) is 4.33. The van der Waals surface area contributed by atoms with Crippen LogP contribution in [-0.4, -0.2) is 6.04 Å². The molecule has 1 fully saturated rings. The molecule has 1 nitrogen and oxygen atoms in total. The minimum Gasteiger partial charge on any atom is -0.377 e. The first-order valence-electron chi connectivity index (χ1n) is 6.03. The average molecular weight is 304 g/mol. The van der Waals surface area contributed by atoms with Crippen LogP contribution >= 0.6 is 15.9 Å². The van der Waals surface area contributed by atoms with Gasteiger partial charge in [-0.05, 0) is 30.9 Å². The summed E-state index contributed by atoms with van der Waals surface area (Å²) in [5.41, 5.74) is 0.0125. The SMILES string of the molecule is CCC1CCCC1Nc1c(F)cc(Br)cc1F. The van der Waals surface area contributed by atoms with Crippen molar-refractivity contribution in [2.45, 2.75) is 38.6 Å². The number of nitrogens with one attached hydrogen (secondary N) is 1. The maximum Gasteiger partial charge on any atom is 0.150 e. The molecule has 0 amide bonds. The molecule has 4 heteroatoms. The summed E-state index contributed by atoms with van der Waals surface area (Å²) in [6, 6.07) is 2.79. The molecular formula is C13H16BrF2N. The van der Waals surface area contributed by atoms with Crippen molar-refractivity contribution < 1.29 is 8.78 Å². The monoisotopic (exact) mass is 303 g/mol. The Bertz CT molecular complexity index is 385. The second-order valence-electron chi connectivity index (χ2n) is 4.59. The Labute approximate surface area is 109 Å². The van der Waals surface area contributed by atoms with Crippen molar-refractivity contribution in [1.82, 2.24) is 0 Å². The Kier molecular flexibility index (Phi) is 4.02. The average Bonchev–Trinajstić information content (AvgIpc) is 2.70. The van der Waals surface area contributed by atoms with Gasteiger partial charge in [0.1, 0.15) is 17.3 Å². The number of benzene rings is 1. The van der Waals surface area contributed by atoms with Gasteiger partial charge in [0.2, 0.25) is 0 Å². The lowest BCUT2D eigenvalue weighted by Gasteiger charge is -2.21. The summed E-state index contributed by atoms with van der Waals surface area (Å²) >= 11 is 3.08. The Hall–Kier alpha value is -0.640. The third-order valence-electron chi connectivity index (χ3n) is 3.52. The predicted octanol–water partition coefficient (Wildman–Crippen LogP) is 4.72. The van der Waals surface area contributed by atoms with Crippen LogP contribution in [0.15, 0.2) is 16.6 Å². The topological polar surface area (TPSA) is 12.0 Å². The van der Waals surface area contributed by atoms with E-state index in [2.05, 4.69) is 28.2 Å². The molecule has 1 saturated carbocycles. The highest BCUT2D eigenvalue weighted by Crippen LogP contribution is 2.33. The third-order valence-corrected chi connectivity index (χ3v) is 3.98. The van der Waals surface area contributed by atoms with Gasteiger partial charge in [0.05, 0.1) is 0 Å². The van der Waals surface area contributed by atoms with E-state index in [1.54, 1.807) is 0 Å². The zero-order chi connectivity index (χ0) is 12.4. The maximum absolute atomic E-state index is 13.7. The summed E-state index contributed by atoms with van der Waals surface area (Å²) in [4.78, 5) is 0. The Morgan fingerprint density at radius 1 is 1.29 bits per heavy atom. The molecule has 94 valence electrons. The van der Waals surface area contributed by atoms with Crippen LogP contribution in [0.25, 0.3) is 0 Å². The summed E-state index contributed by atoms with van der Waals surface area (Å²) in [6.45, 7) is 2.12. The Morgan fingerprint density at radius 3 is 2.53 bits per heavy atom. The number of anilines is 1. The normalized spacial score (nSPS) is 24.0. The lowest BCUT2D eigenvalue weighted by Crippen LogP contribution is -2.24. The molecule has 2 rings (SSSR count). The van der Waals surface area contributed by atoms with Gasteiger partial charge in [-0.1, -0.05) is 35.7 Å². The van der Waals surface area contributed by atoms with E-state index in [1.807, 2.05) is 0 Å². The van der Waals surface area contributed by atoms with Crippen LogP contribution in [0.2, 0.25) is 0 Å². The van der Waals surface area contributed by atoms with Crippen LogP contribution in [0.4, 0.5) is 14.5 Å². The molecule has 17 heavy (non-hydrogen) atoms. The molecule has 2 unspecified atom stereocenters. The van der Waals surface area contributed by atoms with E-state index < -0.39 is 11.6 Å². The van der Waals surface area contributed by atoms with Gasteiger partial charge in [-0.25, -0.2) is 8.78 Å². The molecule has 2 atom stereocenters. The first kappa shape index (κ1) is 12.8. The minimum atomic E-state index is -0.529. The Morgan fingerprint density at radius 2 is 1.94 bits per heavy atom. The smallest absolute Gasteiger partial charge is 0.150 e. The second kappa shape index (κ2) is 5.34. The largest absolute Gasteiger partial charge is 0.377 e. The Balaban J connectivity index is 2.18. The van der Waals surface area contributed by atoms with Crippen LogP contribution in [0.3, 0.4) is 0 Å². The zero-order valence-corrected chi connectivity index (χ0v) is 11.4. The molecule has 1 aromatic rings. The molecule has 1 aromatic carbocycles. The third kappa shape index (κ3) is 2.79. The van der Waals surface area contributed by atoms with Crippen LogP contribution in [0, 0.1) is 17.6 Å². The fraction of sp³-hybridized carbons (Fsp3) is 0.538. The van der Waals surface area contributed by atoms with E-state index in [0.29, 0.717) is 10.4 Å². The van der Waals surface area contributed by atoms with Crippen molar-refractivity contribution in [2.24, 2.45) is 5.92 Å². The predicted molar refractivity (Wildman–Crippen MR) is 69.1 cm³/mol. The van der Waals surface area contributed by atoms with Gasteiger partial charge < -0.3 is 5.32 Å². The van der Waals surface area contributed by atoms with E-state index in [-0.39, 0.29) is 11.7 Å². The van der Waals surface area contributed by atoms with E-state index in [9.17, 15) is 8.78 Å². The van der Waals surface area contributed by atoms with Crippen LogP contribution in [-0.2, 0) is 0 Å². The van der Waals surface area contributed by atoms with E-state index in [0.717, 1.165) is 25.7 Å². The molecule has 1 aliphatic rings. The second-order valence-corrected chi connectivity index (χ2v) is 5.51. The molecule has 0 aliphatic heterocycles. The van der Waals surface area contributed by atoms with Crippen molar-refractivity contribution in [1.29, 1.82) is 0 Å². The van der Waals surface area contributed by atoms with Gasteiger partial charge in [0, 0.05) is 10.5 Å². The molecule has 0 radical (unpaired) electrons. The molecule has 0 bridgehead atoms. The molecule has 1 aliphatic carbocycles. The van der Waals surface area contributed by atoms with E-state index in [1.165, 1.54) is 12.1 Å². The molecule has 0 heterocycles. The van der Waals surface area contributed by atoms with Gasteiger partial charge in [0.15, 0.2) is 0 Å². The highest BCUT2D eigenvalue weighted by atomic mass is 79.9. The lowest BCUT2D eigenvalue weighted by molar-refractivity contribution is 0.482. The highest BCUT2D eigenvalue weighted by Gasteiger charge is 2.27. The van der Waals surface area contributed by atoms with Gasteiger partial charge >= 0.3 is 0 Å². The fourth-order valence-corrected chi connectivity index (χ4v) is 2.98. The van der Waals surface area contributed by atoms with Crippen molar-refractivity contribution >= 4 is 21.6 Å². The summed E-state index contributed by atoms with van der Waals surface area (Å²) in [5, 5.41) is 3.03. The molecule has 1 N–H and O–H groups in total. The van der Waals surface area contributed by atoms with Crippen LogP contribution in [0.1, 0.15) is 32.6 Å². The standard InChI is InChI=1S/C13H16BrF2N/c1-2-8-4-3-5-12(8)17-13-10(15)6-9(14)7-11(13)16/h6-8,12,17H,2-5H2,1H3. The zero-order valence-electron chi connectivity index (χ0n) is 9.77. The van der Waals surface area contributed by atoms with Crippen molar-refractivity contribution in [2.75, 3.05) is 5.32 Å². The quantitative estimate of drug-likeness (QED) is 0.852. The fourth-order valence-electron chi connectivity index (χ4n) is 2.58. The summed E-state index contributed by atoms with van der Waals surface area (Å²) < 4.78 is 27.8. The summed E-state index contributed by atoms with van der Waals surface area (Å²) in [7, 11) is 0. The summed E-state index contributed by atoms with van der Waals surface area (Å²) in [5.74, 6) is -0.533.